The molecule has 8 heteroatoms. The number of benzene rings is 1. The summed E-state index contributed by atoms with van der Waals surface area (Å²) < 4.78 is 2.09. The van der Waals surface area contributed by atoms with E-state index >= 15 is 0 Å². The first-order chi connectivity index (χ1) is 10.6. The summed E-state index contributed by atoms with van der Waals surface area (Å²) in [6, 6.07) is 9.04. The summed E-state index contributed by atoms with van der Waals surface area (Å²) >= 11 is 0. The minimum absolute atomic E-state index is 0. The van der Waals surface area contributed by atoms with Crippen LogP contribution in [0.25, 0.3) is 0 Å². The Balaban J connectivity index is 0.00000144. The Morgan fingerprint density at radius 3 is 2.71 bits per heavy atom. The highest BCUT2D eigenvalue weighted by atomic mass is 35.5. The number of fused-ring (bicyclic) bond motifs is 1. The summed E-state index contributed by atoms with van der Waals surface area (Å²) in [7, 11) is 0. The zero-order valence-electron chi connectivity index (χ0n) is 13.5. The van der Waals surface area contributed by atoms with Crippen LogP contribution < -0.4 is 11.1 Å². The van der Waals surface area contributed by atoms with Gasteiger partial charge in [-0.2, -0.15) is 0 Å². The lowest BCUT2D eigenvalue weighted by atomic mass is 10.1. The molecule has 0 aliphatic carbocycles. The molecule has 1 aliphatic rings. The molecule has 24 heavy (non-hydrogen) atoms. The number of nitrogens with one attached hydrogen (secondary N) is 1. The summed E-state index contributed by atoms with van der Waals surface area (Å²) in [5, 5.41) is 11.3. The lowest BCUT2D eigenvalue weighted by Gasteiger charge is -2.17. The van der Waals surface area contributed by atoms with Crippen molar-refractivity contribution in [3.05, 3.63) is 47.5 Å². The second kappa shape index (κ2) is 9.01. The molecular formula is C16H23Cl2N5O. The molecule has 1 aromatic heterocycles. The molecule has 1 aliphatic heterocycles. The predicted octanol–water partition coefficient (Wildman–Crippen LogP) is 1.82. The number of rotatable bonds is 5. The van der Waals surface area contributed by atoms with Gasteiger partial charge in [0.25, 0.3) is 0 Å². The first-order valence-corrected chi connectivity index (χ1v) is 7.67. The monoisotopic (exact) mass is 371 g/mol. The number of amides is 1. The van der Waals surface area contributed by atoms with E-state index in [-0.39, 0.29) is 36.8 Å². The van der Waals surface area contributed by atoms with Crippen LogP contribution in [0.3, 0.4) is 0 Å². The molecule has 0 saturated heterocycles. The minimum atomic E-state index is -0.564. The Morgan fingerprint density at radius 2 is 2.00 bits per heavy atom. The number of halogens is 2. The molecule has 1 unspecified atom stereocenters. The van der Waals surface area contributed by atoms with Gasteiger partial charge in [0.2, 0.25) is 5.91 Å². The topological polar surface area (TPSA) is 85.8 Å². The maximum atomic E-state index is 12.3. The van der Waals surface area contributed by atoms with Crippen molar-refractivity contribution in [2.45, 2.75) is 44.8 Å². The summed E-state index contributed by atoms with van der Waals surface area (Å²) in [6.07, 6.45) is 2.57. The summed E-state index contributed by atoms with van der Waals surface area (Å²) in [6.45, 7) is 2.84. The third-order valence-electron chi connectivity index (χ3n) is 4.02. The average Bonchev–Trinajstić information content (AvgIpc) is 3.10. The Morgan fingerprint density at radius 1 is 1.29 bits per heavy atom. The fourth-order valence-electron chi connectivity index (χ4n) is 2.84. The van der Waals surface area contributed by atoms with Gasteiger partial charge in [-0.25, -0.2) is 0 Å². The summed E-state index contributed by atoms with van der Waals surface area (Å²) in [4.78, 5) is 12.3. The number of carbonyl (C=O) groups is 1. The highest BCUT2D eigenvalue weighted by molar-refractivity contribution is 5.85. The fourth-order valence-corrected chi connectivity index (χ4v) is 2.84. The van der Waals surface area contributed by atoms with Gasteiger partial charge in [-0.15, -0.1) is 35.0 Å². The maximum Gasteiger partial charge on any atom is 0.237 e. The molecule has 0 fully saturated rings. The van der Waals surface area contributed by atoms with Gasteiger partial charge in [0.15, 0.2) is 5.82 Å². The van der Waals surface area contributed by atoms with E-state index in [4.69, 9.17) is 5.73 Å². The number of hydrogen-bond donors (Lipinski definition) is 2. The van der Waals surface area contributed by atoms with Gasteiger partial charge in [-0.05, 0) is 25.3 Å². The number of aromatic nitrogens is 3. The smallest absolute Gasteiger partial charge is 0.237 e. The minimum Gasteiger partial charge on any atom is -0.345 e. The van der Waals surface area contributed by atoms with E-state index in [2.05, 4.69) is 20.1 Å². The van der Waals surface area contributed by atoms with E-state index in [1.165, 1.54) is 0 Å². The predicted molar refractivity (Wildman–Crippen MR) is 97.5 cm³/mol. The normalized spacial score (nSPS) is 14.8. The molecule has 2 atom stereocenters. The van der Waals surface area contributed by atoms with Crippen molar-refractivity contribution in [2.24, 2.45) is 5.73 Å². The highest BCUT2D eigenvalue weighted by Gasteiger charge is 2.24. The maximum absolute atomic E-state index is 12.3. The zero-order chi connectivity index (χ0) is 15.5. The van der Waals surface area contributed by atoms with E-state index in [0.717, 1.165) is 36.6 Å². The molecule has 132 valence electrons. The van der Waals surface area contributed by atoms with Gasteiger partial charge in [0.1, 0.15) is 5.82 Å². The zero-order valence-corrected chi connectivity index (χ0v) is 15.1. The lowest BCUT2D eigenvalue weighted by Crippen LogP contribution is -2.43. The van der Waals surface area contributed by atoms with Crippen molar-refractivity contribution in [3.8, 4) is 0 Å². The molecule has 0 saturated carbocycles. The first-order valence-electron chi connectivity index (χ1n) is 7.67. The second-order valence-corrected chi connectivity index (χ2v) is 5.76. The summed E-state index contributed by atoms with van der Waals surface area (Å²) in [5.41, 5.74) is 7.07. The van der Waals surface area contributed by atoms with Crippen molar-refractivity contribution >= 4 is 30.7 Å². The second-order valence-electron chi connectivity index (χ2n) is 5.76. The van der Waals surface area contributed by atoms with E-state index < -0.39 is 6.04 Å². The molecule has 0 radical (unpaired) electrons. The Bertz CT molecular complexity index is 662. The number of nitrogens with two attached hydrogens (primary N) is 1. The van der Waals surface area contributed by atoms with E-state index in [9.17, 15) is 4.79 Å². The molecule has 0 spiro atoms. The van der Waals surface area contributed by atoms with E-state index in [1.807, 2.05) is 37.3 Å². The quantitative estimate of drug-likeness (QED) is 0.838. The van der Waals surface area contributed by atoms with Crippen LogP contribution >= 0.6 is 24.8 Å². The van der Waals surface area contributed by atoms with Gasteiger partial charge in [-0.3, -0.25) is 4.79 Å². The Hall–Kier alpha value is -1.63. The number of hydrogen-bond acceptors (Lipinski definition) is 4. The summed E-state index contributed by atoms with van der Waals surface area (Å²) in [5.74, 6) is 1.66. The molecule has 0 bridgehead atoms. The number of nitrogens with zero attached hydrogens (tertiary/aromatic N) is 3. The molecule has 2 heterocycles. The lowest BCUT2D eigenvalue weighted by molar-refractivity contribution is -0.123. The molecule has 1 amide bonds. The standard InChI is InChI=1S/C16H21N5O.2ClH/c1-11(15-20-19-14-8-5-9-21(14)15)18-16(22)13(17)10-12-6-3-2-4-7-12;;/h2-4,6-7,11,13H,5,8-10,17H2,1H3,(H,18,22);2*1H/t11?,13-;;/m0../s1. The van der Waals surface area contributed by atoms with Gasteiger partial charge in [0, 0.05) is 13.0 Å². The van der Waals surface area contributed by atoms with Crippen molar-refractivity contribution in [2.75, 3.05) is 0 Å². The van der Waals surface area contributed by atoms with Crippen LogP contribution in [0.1, 0.15) is 36.6 Å². The van der Waals surface area contributed by atoms with Crippen molar-refractivity contribution in [1.29, 1.82) is 0 Å². The van der Waals surface area contributed by atoms with Crippen molar-refractivity contribution in [1.82, 2.24) is 20.1 Å². The van der Waals surface area contributed by atoms with Gasteiger partial charge < -0.3 is 15.6 Å². The number of carbonyl (C=O) groups excluding carboxylic acids is 1. The highest BCUT2D eigenvalue weighted by Crippen LogP contribution is 2.18. The fraction of sp³-hybridized carbons (Fsp3) is 0.438. The molecule has 3 N–H and O–H groups in total. The molecule has 2 aromatic rings. The third kappa shape index (κ3) is 4.47. The van der Waals surface area contributed by atoms with Crippen molar-refractivity contribution < 1.29 is 4.79 Å². The van der Waals surface area contributed by atoms with Crippen LogP contribution in [0.2, 0.25) is 0 Å². The molecule has 3 rings (SSSR count). The van der Waals surface area contributed by atoms with E-state index in [0.29, 0.717) is 6.42 Å². The van der Waals surface area contributed by atoms with Gasteiger partial charge in [-0.1, -0.05) is 30.3 Å². The Labute approximate surface area is 154 Å². The van der Waals surface area contributed by atoms with E-state index in [1.54, 1.807) is 0 Å². The van der Waals surface area contributed by atoms with Crippen LogP contribution in [-0.4, -0.2) is 26.7 Å². The van der Waals surface area contributed by atoms with Crippen molar-refractivity contribution in [3.63, 3.8) is 0 Å². The molecular weight excluding hydrogens is 349 g/mol. The van der Waals surface area contributed by atoms with Crippen LogP contribution in [0.4, 0.5) is 0 Å². The SMILES string of the molecule is CC(NC(=O)[C@@H](N)Cc1ccccc1)c1nnc2n1CCC2.Cl.Cl. The largest absolute Gasteiger partial charge is 0.345 e. The van der Waals surface area contributed by atoms with Crippen LogP contribution in [0.5, 0.6) is 0 Å². The van der Waals surface area contributed by atoms with Crippen LogP contribution in [0, 0.1) is 0 Å². The Kier molecular flexibility index (Phi) is 7.66. The van der Waals surface area contributed by atoms with Crippen LogP contribution in [0.15, 0.2) is 30.3 Å². The first kappa shape index (κ1) is 20.4. The van der Waals surface area contributed by atoms with Gasteiger partial charge in [0.05, 0.1) is 12.1 Å². The van der Waals surface area contributed by atoms with Gasteiger partial charge >= 0.3 is 0 Å². The van der Waals surface area contributed by atoms with Crippen LogP contribution in [-0.2, 0) is 24.2 Å². The average molecular weight is 372 g/mol. The molecule has 1 aromatic carbocycles. The third-order valence-corrected chi connectivity index (χ3v) is 4.02. The molecule has 6 nitrogen and oxygen atoms in total. The number of aryl methyl sites for hydroxylation is 1.